The van der Waals surface area contributed by atoms with Gasteiger partial charge in [-0.1, -0.05) is 140 Å². The molecule has 0 N–H and O–H groups in total. The van der Waals surface area contributed by atoms with Crippen molar-refractivity contribution in [3.63, 3.8) is 0 Å². The van der Waals surface area contributed by atoms with Crippen LogP contribution >= 0.6 is 0 Å². The quantitative estimate of drug-likeness (QED) is 0.158. The molecule has 0 spiro atoms. The van der Waals surface area contributed by atoms with Crippen LogP contribution in [0.5, 0.6) is 0 Å². The molecule has 3 heteroatoms. The van der Waals surface area contributed by atoms with Crippen LogP contribution in [0, 0.1) is 0 Å². The zero-order chi connectivity index (χ0) is 39.6. The molecule has 2 aromatic heterocycles. The summed E-state index contributed by atoms with van der Waals surface area (Å²) in [6.07, 6.45) is 1.77. The van der Waals surface area contributed by atoms with Gasteiger partial charge < -0.3 is 9.32 Å². The molecule has 280 valence electrons. The van der Waals surface area contributed by atoms with E-state index in [-0.39, 0.29) is 0 Å². The molecule has 12 aromatic rings. The summed E-state index contributed by atoms with van der Waals surface area (Å²) in [6.45, 7) is 0. The zero-order valence-corrected chi connectivity index (χ0v) is 32.6. The van der Waals surface area contributed by atoms with Gasteiger partial charge in [0.2, 0.25) is 5.71 Å². The molecule has 0 saturated carbocycles. The Hall–Kier alpha value is -8.01. The number of benzene rings is 10. The predicted octanol–water partition coefficient (Wildman–Crippen LogP) is 16.1. The van der Waals surface area contributed by atoms with Gasteiger partial charge in [0, 0.05) is 34.0 Å². The number of hydrogen-bond donors (Lipinski definition) is 0. The van der Waals surface area contributed by atoms with E-state index in [1.807, 2.05) is 12.1 Å². The fraction of sp³-hybridized carbons (Fsp3) is 0. The van der Waals surface area contributed by atoms with Crippen molar-refractivity contribution in [1.82, 2.24) is 4.98 Å². The maximum absolute atomic E-state index is 6.03. The van der Waals surface area contributed by atoms with Crippen LogP contribution in [0.1, 0.15) is 0 Å². The molecule has 0 radical (unpaired) electrons. The standard InChI is InChI=1S/C57H36N2O/c1-3-12-46-41(10-1)35-53(50-16-7-5-14-48(46)50)38-21-28-44(29-22-38)59(43-26-19-37(20-27-43)40-25-32-56-55(34-40)52-18-9-33-58-57(52)60-56)45-30-23-39(24-31-45)54-36-42-11-2-4-13-47(42)49-15-6-8-17-51(49)54/h1-36H. The minimum absolute atomic E-state index is 0.662. The SMILES string of the molecule is c1ccc2c(c1)cc(-c1ccc(N(c3ccc(-c4ccc5oc6ncccc6c5c4)cc3)c3ccc(-c4cc5ccccc5c5ccccc45)cc3)cc1)c1ccccc12. The van der Waals surface area contributed by atoms with Gasteiger partial charge in [0.05, 0.1) is 0 Å². The van der Waals surface area contributed by atoms with Crippen molar-refractivity contribution in [2.24, 2.45) is 0 Å². The second-order valence-corrected chi connectivity index (χ2v) is 15.5. The van der Waals surface area contributed by atoms with Gasteiger partial charge in [-0.15, -0.1) is 0 Å². The van der Waals surface area contributed by atoms with Crippen LogP contribution in [0.2, 0.25) is 0 Å². The molecule has 0 bridgehead atoms. The van der Waals surface area contributed by atoms with Crippen molar-refractivity contribution < 1.29 is 4.42 Å². The van der Waals surface area contributed by atoms with Crippen molar-refractivity contribution in [3.05, 3.63) is 219 Å². The first-order chi connectivity index (χ1) is 29.7. The highest BCUT2D eigenvalue weighted by Gasteiger charge is 2.17. The van der Waals surface area contributed by atoms with Gasteiger partial charge in [0.25, 0.3) is 0 Å². The van der Waals surface area contributed by atoms with E-state index in [1.54, 1.807) is 6.20 Å². The highest BCUT2D eigenvalue weighted by Crippen LogP contribution is 2.42. The Bertz CT molecular complexity index is 3420. The van der Waals surface area contributed by atoms with E-state index in [0.29, 0.717) is 5.71 Å². The first-order valence-electron chi connectivity index (χ1n) is 20.4. The minimum Gasteiger partial charge on any atom is -0.438 e. The fourth-order valence-corrected chi connectivity index (χ4v) is 9.21. The van der Waals surface area contributed by atoms with Crippen LogP contribution in [0.4, 0.5) is 17.1 Å². The average molecular weight is 765 g/mol. The van der Waals surface area contributed by atoms with Crippen molar-refractivity contribution in [2.75, 3.05) is 4.90 Å². The van der Waals surface area contributed by atoms with Crippen molar-refractivity contribution in [1.29, 1.82) is 0 Å². The second-order valence-electron chi connectivity index (χ2n) is 15.5. The maximum Gasteiger partial charge on any atom is 0.227 e. The molecule has 0 amide bonds. The van der Waals surface area contributed by atoms with Crippen molar-refractivity contribution >= 4 is 82.2 Å². The van der Waals surface area contributed by atoms with Gasteiger partial charge in [-0.05, 0) is 149 Å². The number of aromatic nitrogens is 1. The third kappa shape index (κ3) is 5.63. The number of furan rings is 1. The second kappa shape index (κ2) is 13.8. The van der Waals surface area contributed by atoms with Crippen LogP contribution in [0.15, 0.2) is 223 Å². The lowest BCUT2D eigenvalue weighted by atomic mass is 9.93. The maximum atomic E-state index is 6.03. The van der Waals surface area contributed by atoms with Crippen molar-refractivity contribution in [2.45, 2.75) is 0 Å². The molecule has 10 aromatic carbocycles. The number of nitrogens with zero attached hydrogens (tertiary/aromatic N) is 2. The van der Waals surface area contributed by atoms with Crippen LogP contribution < -0.4 is 4.90 Å². The summed E-state index contributed by atoms with van der Waals surface area (Å²) < 4.78 is 6.03. The normalized spacial score (nSPS) is 11.7. The van der Waals surface area contributed by atoms with Crippen molar-refractivity contribution in [3.8, 4) is 33.4 Å². The van der Waals surface area contributed by atoms with Gasteiger partial charge in [-0.25, -0.2) is 4.98 Å². The summed E-state index contributed by atoms with van der Waals surface area (Å²) in [4.78, 5) is 6.79. The lowest BCUT2D eigenvalue weighted by Crippen LogP contribution is -2.09. The molecule has 0 fully saturated rings. The first kappa shape index (κ1) is 34.1. The molecular weight excluding hydrogens is 729 g/mol. The molecule has 2 heterocycles. The first-order valence-corrected chi connectivity index (χ1v) is 20.4. The molecule has 0 aliphatic heterocycles. The summed E-state index contributed by atoms with van der Waals surface area (Å²) >= 11 is 0. The molecule has 12 rings (SSSR count). The third-order valence-electron chi connectivity index (χ3n) is 12.1. The van der Waals surface area contributed by atoms with E-state index >= 15 is 0 Å². The summed E-state index contributed by atoms with van der Waals surface area (Å²) in [5.41, 5.74) is 11.9. The van der Waals surface area contributed by atoms with E-state index in [2.05, 4.69) is 210 Å². The molecule has 0 atom stereocenters. The Labute approximate surface area is 347 Å². The van der Waals surface area contributed by atoms with Gasteiger partial charge in [0.1, 0.15) is 5.58 Å². The average Bonchev–Trinajstić information content (AvgIpc) is 3.70. The predicted molar refractivity (Wildman–Crippen MR) is 253 cm³/mol. The Morgan fingerprint density at radius 1 is 0.317 bits per heavy atom. The highest BCUT2D eigenvalue weighted by atomic mass is 16.3. The smallest absolute Gasteiger partial charge is 0.227 e. The van der Waals surface area contributed by atoms with E-state index in [4.69, 9.17) is 4.42 Å². The van der Waals surface area contributed by atoms with E-state index < -0.39 is 0 Å². The van der Waals surface area contributed by atoms with Crippen LogP contribution in [0.25, 0.3) is 98.5 Å². The van der Waals surface area contributed by atoms with E-state index in [0.717, 1.165) is 44.5 Å². The lowest BCUT2D eigenvalue weighted by molar-refractivity contribution is 0.654. The topological polar surface area (TPSA) is 29.3 Å². The minimum atomic E-state index is 0.662. The molecule has 60 heavy (non-hydrogen) atoms. The van der Waals surface area contributed by atoms with Crippen LogP contribution in [-0.4, -0.2) is 4.98 Å². The Kier molecular flexibility index (Phi) is 7.85. The number of fused-ring (bicyclic) bond motifs is 9. The van der Waals surface area contributed by atoms with Gasteiger partial charge >= 0.3 is 0 Å². The largest absolute Gasteiger partial charge is 0.438 e. The molecular formula is C57H36N2O. The summed E-state index contributed by atoms with van der Waals surface area (Å²) in [5.74, 6) is 0. The molecule has 0 saturated heterocycles. The lowest BCUT2D eigenvalue weighted by Gasteiger charge is -2.26. The molecule has 0 aliphatic rings. The third-order valence-corrected chi connectivity index (χ3v) is 12.1. The summed E-state index contributed by atoms with van der Waals surface area (Å²) in [7, 11) is 0. The zero-order valence-electron chi connectivity index (χ0n) is 32.6. The van der Waals surface area contributed by atoms with Gasteiger partial charge in [0.15, 0.2) is 0 Å². The number of anilines is 3. The Morgan fingerprint density at radius 2 is 0.750 bits per heavy atom. The van der Waals surface area contributed by atoms with E-state index in [9.17, 15) is 0 Å². The van der Waals surface area contributed by atoms with Crippen LogP contribution in [-0.2, 0) is 0 Å². The molecule has 0 unspecified atom stereocenters. The summed E-state index contributed by atoms with van der Waals surface area (Å²) in [6, 6.07) is 76.9. The Morgan fingerprint density at radius 3 is 1.28 bits per heavy atom. The fourth-order valence-electron chi connectivity index (χ4n) is 9.21. The number of hydrogen-bond acceptors (Lipinski definition) is 3. The van der Waals surface area contributed by atoms with Crippen LogP contribution in [0.3, 0.4) is 0 Å². The molecule has 3 nitrogen and oxygen atoms in total. The number of rotatable bonds is 6. The Balaban J connectivity index is 0.963. The molecule has 0 aliphatic carbocycles. The summed E-state index contributed by atoms with van der Waals surface area (Å²) in [5, 5.41) is 12.2. The number of pyridine rings is 1. The van der Waals surface area contributed by atoms with E-state index in [1.165, 1.54) is 65.3 Å². The van der Waals surface area contributed by atoms with Gasteiger partial charge in [-0.2, -0.15) is 0 Å². The van der Waals surface area contributed by atoms with Gasteiger partial charge in [-0.3, -0.25) is 0 Å². The monoisotopic (exact) mass is 764 g/mol. The highest BCUT2D eigenvalue weighted by molar-refractivity contribution is 6.15.